The van der Waals surface area contributed by atoms with E-state index in [1.165, 1.54) is 29.0 Å². The van der Waals surface area contributed by atoms with Crippen LogP contribution in [0.15, 0.2) is 42.7 Å². The Bertz CT molecular complexity index is 1080. The summed E-state index contributed by atoms with van der Waals surface area (Å²) in [4.78, 5) is 38.8. The maximum Gasteiger partial charge on any atom is 0.355 e. The molecule has 3 aromatic rings. The van der Waals surface area contributed by atoms with Gasteiger partial charge in [0.25, 0.3) is 5.69 Å². The molecule has 0 bridgehead atoms. The van der Waals surface area contributed by atoms with E-state index >= 15 is 0 Å². The number of aromatic nitrogens is 2. The van der Waals surface area contributed by atoms with Gasteiger partial charge in [0.15, 0.2) is 0 Å². The molecular weight excluding hydrogens is 414 g/mol. The first-order valence-electron chi connectivity index (χ1n) is 9.06. The Balaban J connectivity index is 2.25. The number of aromatic amines is 1. The number of halogens is 1. The van der Waals surface area contributed by atoms with Crippen LogP contribution in [0.4, 0.5) is 5.69 Å². The molecule has 0 saturated heterocycles. The molecule has 0 radical (unpaired) electrons. The highest BCUT2D eigenvalue weighted by Crippen LogP contribution is 2.35. The number of nitro groups is 1. The lowest BCUT2D eigenvalue weighted by Gasteiger charge is -2.12. The molecule has 1 aromatic carbocycles. The predicted octanol–water partition coefficient (Wildman–Crippen LogP) is 4.39. The molecule has 0 saturated carbocycles. The number of H-pyrrole nitrogens is 1. The van der Waals surface area contributed by atoms with E-state index in [1.54, 1.807) is 32.2 Å². The topological polar surface area (TPSA) is 116 Å². The van der Waals surface area contributed by atoms with Crippen LogP contribution in [0.25, 0.3) is 16.9 Å². The number of hydrogen-bond donors (Lipinski definition) is 1. The van der Waals surface area contributed by atoms with Gasteiger partial charge in [-0.3, -0.25) is 10.1 Å². The summed E-state index contributed by atoms with van der Waals surface area (Å²) >= 11 is 5.92. The Kier molecular flexibility index (Phi) is 6.22. The van der Waals surface area contributed by atoms with Gasteiger partial charge in [-0.2, -0.15) is 0 Å². The van der Waals surface area contributed by atoms with E-state index in [1.807, 2.05) is 0 Å². The first-order chi connectivity index (χ1) is 14.4. The smallest absolute Gasteiger partial charge is 0.355 e. The summed E-state index contributed by atoms with van der Waals surface area (Å²) in [6, 6.07) is 7.52. The number of carbonyl (C=O) groups excluding carboxylic acids is 2. The SMILES string of the molecule is CCOC(=O)c1c[nH]c(C(=O)OCC)c1-c1cccn1-c1ccc(Cl)cc1[N+](=O)[O-]. The number of benzene rings is 1. The molecule has 0 aliphatic carbocycles. The Hall–Kier alpha value is -3.59. The lowest BCUT2D eigenvalue weighted by molar-refractivity contribution is -0.384. The van der Waals surface area contributed by atoms with E-state index in [4.69, 9.17) is 21.1 Å². The van der Waals surface area contributed by atoms with Gasteiger partial charge >= 0.3 is 11.9 Å². The van der Waals surface area contributed by atoms with Crippen LogP contribution in [0.2, 0.25) is 5.02 Å². The van der Waals surface area contributed by atoms with Crippen molar-refractivity contribution in [3.05, 3.63) is 69.1 Å². The van der Waals surface area contributed by atoms with Gasteiger partial charge in [0.2, 0.25) is 0 Å². The summed E-state index contributed by atoms with van der Waals surface area (Å²) in [7, 11) is 0. The van der Waals surface area contributed by atoms with E-state index in [2.05, 4.69) is 4.98 Å². The number of rotatable bonds is 7. The van der Waals surface area contributed by atoms with Crippen molar-refractivity contribution >= 4 is 29.2 Å². The van der Waals surface area contributed by atoms with Crippen LogP contribution < -0.4 is 0 Å². The second-order valence-electron chi connectivity index (χ2n) is 6.05. The Morgan fingerprint density at radius 3 is 2.53 bits per heavy atom. The number of esters is 2. The molecule has 2 heterocycles. The van der Waals surface area contributed by atoms with Crippen LogP contribution in [0.5, 0.6) is 0 Å². The van der Waals surface area contributed by atoms with Crippen LogP contribution in [0.3, 0.4) is 0 Å². The first-order valence-corrected chi connectivity index (χ1v) is 9.44. The average molecular weight is 432 g/mol. The molecule has 2 aromatic heterocycles. The summed E-state index contributed by atoms with van der Waals surface area (Å²) in [5, 5.41) is 11.8. The van der Waals surface area contributed by atoms with Crippen LogP contribution in [-0.2, 0) is 9.47 Å². The summed E-state index contributed by atoms with van der Waals surface area (Å²) < 4.78 is 11.7. The highest BCUT2D eigenvalue weighted by Gasteiger charge is 2.28. The maximum atomic E-state index is 12.5. The summed E-state index contributed by atoms with van der Waals surface area (Å²) in [5.74, 6) is -1.31. The molecule has 0 fully saturated rings. The van der Waals surface area contributed by atoms with Gasteiger partial charge in [-0.1, -0.05) is 11.6 Å². The fraction of sp³-hybridized carbons (Fsp3) is 0.200. The second-order valence-corrected chi connectivity index (χ2v) is 6.48. The summed E-state index contributed by atoms with van der Waals surface area (Å²) in [6.45, 7) is 3.60. The molecule has 0 atom stereocenters. The molecule has 0 spiro atoms. The van der Waals surface area contributed by atoms with Crippen molar-refractivity contribution in [2.75, 3.05) is 13.2 Å². The molecule has 0 aliphatic rings. The fourth-order valence-electron chi connectivity index (χ4n) is 3.06. The fourth-order valence-corrected chi connectivity index (χ4v) is 3.23. The monoisotopic (exact) mass is 431 g/mol. The molecule has 0 aliphatic heterocycles. The molecule has 156 valence electrons. The molecular formula is C20H18ClN3O6. The van der Waals surface area contributed by atoms with Crippen molar-refractivity contribution in [2.24, 2.45) is 0 Å². The molecule has 10 heteroatoms. The van der Waals surface area contributed by atoms with Crippen molar-refractivity contribution in [1.29, 1.82) is 0 Å². The molecule has 0 unspecified atom stereocenters. The zero-order valence-corrected chi connectivity index (χ0v) is 16.9. The minimum Gasteiger partial charge on any atom is -0.462 e. The summed E-state index contributed by atoms with van der Waals surface area (Å²) in [5.41, 5.74) is 0.725. The normalized spacial score (nSPS) is 10.6. The van der Waals surface area contributed by atoms with E-state index in [0.717, 1.165) is 0 Å². The van der Waals surface area contributed by atoms with Gasteiger partial charge in [0, 0.05) is 29.0 Å². The molecule has 9 nitrogen and oxygen atoms in total. The third-order valence-electron chi connectivity index (χ3n) is 4.25. The van der Waals surface area contributed by atoms with Gasteiger partial charge in [0.05, 0.1) is 29.4 Å². The predicted molar refractivity (Wildman–Crippen MR) is 109 cm³/mol. The van der Waals surface area contributed by atoms with Crippen molar-refractivity contribution in [1.82, 2.24) is 9.55 Å². The third kappa shape index (κ3) is 3.92. The standard InChI is InChI=1S/C20H18ClN3O6/c1-3-29-19(25)13-11-22-18(20(26)30-4-2)17(13)15-6-5-9-23(15)14-8-7-12(21)10-16(14)24(27)28/h5-11,22H,3-4H2,1-2H3. The van der Waals surface area contributed by atoms with Crippen molar-refractivity contribution in [3.63, 3.8) is 0 Å². The van der Waals surface area contributed by atoms with Gasteiger partial charge < -0.3 is 19.0 Å². The number of hydrogen-bond acceptors (Lipinski definition) is 6. The van der Waals surface area contributed by atoms with Crippen molar-refractivity contribution in [3.8, 4) is 16.9 Å². The first kappa shape index (κ1) is 21.1. The van der Waals surface area contributed by atoms with Gasteiger partial charge in [-0.05, 0) is 38.1 Å². The van der Waals surface area contributed by atoms with Gasteiger partial charge in [-0.15, -0.1) is 0 Å². The number of nitrogens with zero attached hydrogens (tertiary/aromatic N) is 2. The number of nitrogens with one attached hydrogen (secondary N) is 1. The lowest BCUT2D eigenvalue weighted by Crippen LogP contribution is -2.11. The minimum atomic E-state index is -0.665. The van der Waals surface area contributed by atoms with Gasteiger partial charge in [-0.25, -0.2) is 9.59 Å². The number of nitro benzene ring substituents is 1. The van der Waals surface area contributed by atoms with Crippen LogP contribution in [-0.4, -0.2) is 39.6 Å². The number of carbonyl (C=O) groups is 2. The molecule has 30 heavy (non-hydrogen) atoms. The van der Waals surface area contributed by atoms with Crippen LogP contribution in [0.1, 0.15) is 34.7 Å². The number of ether oxygens (including phenoxy) is 2. The lowest BCUT2D eigenvalue weighted by atomic mass is 10.1. The van der Waals surface area contributed by atoms with Gasteiger partial charge in [0.1, 0.15) is 11.4 Å². The largest absolute Gasteiger partial charge is 0.462 e. The highest BCUT2D eigenvalue weighted by molar-refractivity contribution is 6.30. The minimum absolute atomic E-state index is 0.0384. The maximum absolute atomic E-state index is 12.5. The Labute approximate surface area is 176 Å². The van der Waals surface area contributed by atoms with E-state index in [-0.39, 0.29) is 46.4 Å². The quantitative estimate of drug-likeness (QED) is 0.337. The van der Waals surface area contributed by atoms with E-state index in [9.17, 15) is 19.7 Å². The van der Waals surface area contributed by atoms with Crippen molar-refractivity contribution in [2.45, 2.75) is 13.8 Å². The Morgan fingerprint density at radius 2 is 1.87 bits per heavy atom. The summed E-state index contributed by atoms with van der Waals surface area (Å²) in [6.07, 6.45) is 2.94. The zero-order chi connectivity index (χ0) is 21.8. The van der Waals surface area contributed by atoms with E-state index < -0.39 is 16.9 Å². The van der Waals surface area contributed by atoms with Crippen molar-refractivity contribution < 1.29 is 24.0 Å². The Morgan fingerprint density at radius 1 is 1.17 bits per heavy atom. The molecule has 3 rings (SSSR count). The average Bonchev–Trinajstić information content (AvgIpc) is 3.35. The van der Waals surface area contributed by atoms with Crippen LogP contribution >= 0.6 is 11.6 Å². The highest BCUT2D eigenvalue weighted by atomic mass is 35.5. The van der Waals surface area contributed by atoms with E-state index in [0.29, 0.717) is 5.69 Å². The molecule has 1 N–H and O–H groups in total. The van der Waals surface area contributed by atoms with Crippen LogP contribution in [0, 0.1) is 10.1 Å². The molecule has 0 amide bonds. The zero-order valence-electron chi connectivity index (χ0n) is 16.2. The third-order valence-corrected chi connectivity index (χ3v) is 4.49. The second kappa shape index (κ2) is 8.83.